The zero-order valence-corrected chi connectivity index (χ0v) is 12.8. The Bertz CT molecular complexity index is 251. The molecule has 1 rings (SSSR count). The zero-order chi connectivity index (χ0) is 13.1. The Kier molecular flexibility index (Phi) is 5.61. The summed E-state index contributed by atoms with van der Waals surface area (Å²) in [7, 11) is -0.574. The van der Waals surface area contributed by atoms with E-state index in [-0.39, 0.29) is 5.54 Å². The van der Waals surface area contributed by atoms with Crippen LogP contribution in [0.3, 0.4) is 0 Å². The van der Waals surface area contributed by atoms with Crippen LogP contribution in [0.1, 0.15) is 34.6 Å². The predicted octanol–water partition coefficient (Wildman–Crippen LogP) is 1.46. The Morgan fingerprint density at radius 1 is 1.24 bits per heavy atom. The van der Waals surface area contributed by atoms with Gasteiger partial charge in [-0.2, -0.15) is 0 Å². The Morgan fingerprint density at radius 2 is 1.76 bits per heavy atom. The minimum absolute atomic E-state index is 0.172. The van der Waals surface area contributed by atoms with Gasteiger partial charge in [0.1, 0.15) is 0 Å². The van der Waals surface area contributed by atoms with Gasteiger partial charge < -0.3 is 5.32 Å². The molecule has 1 aliphatic heterocycles. The van der Waals surface area contributed by atoms with Gasteiger partial charge >= 0.3 is 0 Å². The predicted molar refractivity (Wildman–Crippen MR) is 75.8 cm³/mol. The molecule has 0 aromatic carbocycles. The van der Waals surface area contributed by atoms with Gasteiger partial charge in [0.15, 0.2) is 0 Å². The van der Waals surface area contributed by atoms with Crippen molar-refractivity contribution in [3.63, 3.8) is 0 Å². The van der Waals surface area contributed by atoms with Gasteiger partial charge in [-0.15, -0.1) is 0 Å². The van der Waals surface area contributed by atoms with Crippen LogP contribution in [0.5, 0.6) is 0 Å². The van der Waals surface area contributed by atoms with Crippen LogP contribution in [0.2, 0.25) is 0 Å². The largest absolute Gasteiger partial charge is 0.311 e. The van der Waals surface area contributed by atoms with E-state index in [9.17, 15) is 4.21 Å². The van der Waals surface area contributed by atoms with Gasteiger partial charge in [0, 0.05) is 53.5 Å². The van der Waals surface area contributed by atoms with Gasteiger partial charge in [-0.3, -0.25) is 9.11 Å². The van der Waals surface area contributed by atoms with E-state index >= 15 is 0 Å². The normalized spacial score (nSPS) is 22.0. The minimum atomic E-state index is -0.574. The first kappa shape index (κ1) is 15.1. The molecule has 1 unspecified atom stereocenters. The molecule has 0 aliphatic carbocycles. The van der Waals surface area contributed by atoms with Crippen molar-refractivity contribution in [1.29, 1.82) is 0 Å². The topological polar surface area (TPSA) is 32.3 Å². The summed E-state index contributed by atoms with van der Waals surface area (Å²) in [5, 5.41) is 3.59. The van der Waals surface area contributed by atoms with Crippen molar-refractivity contribution in [2.24, 2.45) is 5.92 Å². The standard InChI is InChI=1S/C13H28N2OS/c1-11(2)12(10-14-13(3,4)5)15-6-8-17(16)9-7-15/h11-12,14H,6-10H2,1-5H3. The van der Waals surface area contributed by atoms with Crippen LogP contribution >= 0.6 is 0 Å². The summed E-state index contributed by atoms with van der Waals surface area (Å²) >= 11 is 0. The smallest absolute Gasteiger partial charge is 0.0363 e. The molecule has 4 heteroatoms. The van der Waals surface area contributed by atoms with Crippen LogP contribution in [0.25, 0.3) is 0 Å². The molecule has 0 spiro atoms. The molecule has 0 radical (unpaired) electrons. The maximum absolute atomic E-state index is 11.4. The summed E-state index contributed by atoms with van der Waals surface area (Å²) in [6.45, 7) is 14.2. The highest BCUT2D eigenvalue weighted by Gasteiger charge is 2.26. The van der Waals surface area contributed by atoms with Gasteiger partial charge in [0.2, 0.25) is 0 Å². The van der Waals surface area contributed by atoms with Crippen LogP contribution in [0.15, 0.2) is 0 Å². The molecule has 17 heavy (non-hydrogen) atoms. The molecule has 0 saturated carbocycles. The van der Waals surface area contributed by atoms with Gasteiger partial charge in [0.05, 0.1) is 0 Å². The van der Waals surface area contributed by atoms with Crippen molar-refractivity contribution in [3.05, 3.63) is 0 Å². The van der Waals surface area contributed by atoms with Gasteiger partial charge in [-0.25, -0.2) is 0 Å². The summed E-state index contributed by atoms with van der Waals surface area (Å²) in [6.07, 6.45) is 0. The Labute approximate surface area is 109 Å². The SMILES string of the molecule is CC(C)C(CNC(C)(C)C)N1CCS(=O)CC1. The molecule has 0 aromatic heterocycles. The fourth-order valence-electron chi connectivity index (χ4n) is 2.18. The molecular formula is C13H28N2OS. The second-order valence-electron chi connectivity index (χ2n) is 6.33. The molecule has 1 heterocycles. The molecule has 1 saturated heterocycles. The lowest BCUT2D eigenvalue weighted by molar-refractivity contribution is 0.156. The summed E-state index contributed by atoms with van der Waals surface area (Å²) in [4.78, 5) is 2.50. The lowest BCUT2D eigenvalue weighted by Crippen LogP contribution is -2.53. The molecular weight excluding hydrogens is 232 g/mol. The fraction of sp³-hybridized carbons (Fsp3) is 1.00. The van der Waals surface area contributed by atoms with Crippen molar-refractivity contribution in [2.45, 2.75) is 46.2 Å². The molecule has 1 fully saturated rings. The lowest BCUT2D eigenvalue weighted by atomic mass is 10.0. The van der Waals surface area contributed by atoms with Crippen LogP contribution in [0, 0.1) is 5.92 Å². The van der Waals surface area contributed by atoms with E-state index < -0.39 is 10.8 Å². The first-order valence-corrected chi connectivity index (χ1v) is 8.12. The highest BCUT2D eigenvalue weighted by molar-refractivity contribution is 7.85. The maximum Gasteiger partial charge on any atom is 0.0363 e. The van der Waals surface area contributed by atoms with E-state index in [2.05, 4.69) is 44.8 Å². The van der Waals surface area contributed by atoms with E-state index in [1.54, 1.807) is 0 Å². The third kappa shape index (κ3) is 5.49. The highest BCUT2D eigenvalue weighted by atomic mass is 32.2. The number of hydrogen-bond acceptors (Lipinski definition) is 3. The maximum atomic E-state index is 11.4. The van der Waals surface area contributed by atoms with E-state index in [0.717, 1.165) is 31.1 Å². The van der Waals surface area contributed by atoms with E-state index in [1.807, 2.05) is 0 Å². The van der Waals surface area contributed by atoms with Crippen molar-refractivity contribution in [1.82, 2.24) is 10.2 Å². The van der Waals surface area contributed by atoms with Crippen LogP contribution < -0.4 is 5.32 Å². The average molecular weight is 260 g/mol. The third-order valence-corrected chi connectivity index (χ3v) is 4.57. The first-order chi connectivity index (χ1) is 7.79. The first-order valence-electron chi connectivity index (χ1n) is 6.63. The number of nitrogens with zero attached hydrogens (tertiary/aromatic N) is 1. The molecule has 1 N–H and O–H groups in total. The molecule has 0 bridgehead atoms. The lowest BCUT2D eigenvalue weighted by Gasteiger charge is -2.38. The van der Waals surface area contributed by atoms with Gasteiger partial charge in [0.25, 0.3) is 0 Å². The van der Waals surface area contributed by atoms with Crippen molar-refractivity contribution in [3.8, 4) is 0 Å². The monoisotopic (exact) mass is 260 g/mol. The Morgan fingerprint density at radius 3 is 2.18 bits per heavy atom. The summed E-state index contributed by atoms with van der Waals surface area (Å²) in [5.41, 5.74) is 0.172. The second kappa shape index (κ2) is 6.30. The van der Waals surface area contributed by atoms with E-state index in [1.165, 1.54) is 0 Å². The van der Waals surface area contributed by atoms with Crippen LogP contribution in [-0.4, -0.2) is 51.8 Å². The minimum Gasteiger partial charge on any atom is -0.311 e. The van der Waals surface area contributed by atoms with Crippen molar-refractivity contribution >= 4 is 10.8 Å². The molecule has 0 aromatic rings. The van der Waals surface area contributed by atoms with Crippen molar-refractivity contribution < 1.29 is 4.21 Å². The van der Waals surface area contributed by atoms with Gasteiger partial charge in [-0.05, 0) is 26.7 Å². The van der Waals surface area contributed by atoms with Gasteiger partial charge in [-0.1, -0.05) is 13.8 Å². The highest BCUT2D eigenvalue weighted by Crippen LogP contribution is 2.14. The molecule has 0 amide bonds. The van der Waals surface area contributed by atoms with E-state index in [0.29, 0.717) is 12.0 Å². The molecule has 102 valence electrons. The Hall–Kier alpha value is 0.0700. The summed E-state index contributed by atoms with van der Waals surface area (Å²) < 4.78 is 11.4. The Balaban J connectivity index is 2.51. The zero-order valence-electron chi connectivity index (χ0n) is 12.0. The fourth-order valence-corrected chi connectivity index (χ4v) is 3.26. The van der Waals surface area contributed by atoms with Crippen molar-refractivity contribution in [2.75, 3.05) is 31.1 Å². The van der Waals surface area contributed by atoms with Crippen LogP contribution in [0.4, 0.5) is 0 Å². The molecule has 3 nitrogen and oxygen atoms in total. The molecule has 1 aliphatic rings. The average Bonchev–Trinajstić information content (AvgIpc) is 2.18. The van der Waals surface area contributed by atoms with E-state index in [4.69, 9.17) is 0 Å². The second-order valence-corrected chi connectivity index (χ2v) is 8.02. The van der Waals surface area contributed by atoms with Crippen LogP contribution in [-0.2, 0) is 10.8 Å². The number of nitrogens with one attached hydrogen (secondary N) is 1. The quantitative estimate of drug-likeness (QED) is 0.831. The number of rotatable bonds is 4. The summed E-state index contributed by atoms with van der Waals surface area (Å²) in [5.74, 6) is 2.33. The summed E-state index contributed by atoms with van der Waals surface area (Å²) in [6, 6.07) is 0.562. The third-order valence-electron chi connectivity index (χ3n) is 3.29. The molecule has 1 atom stereocenters. The number of hydrogen-bond donors (Lipinski definition) is 1.